The number of esters is 1. The third-order valence-corrected chi connectivity index (χ3v) is 6.83. The molecule has 9 heteroatoms. The van der Waals surface area contributed by atoms with Crippen molar-refractivity contribution < 1.29 is 28.2 Å². The Hall–Kier alpha value is -3.59. The maximum absolute atomic E-state index is 13.2. The van der Waals surface area contributed by atoms with E-state index in [0.29, 0.717) is 47.6 Å². The Morgan fingerprint density at radius 3 is 2.75 bits per heavy atom. The Bertz CT molecular complexity index is 1220. The van der Waals surface area contributed by atoms with E-state index in [1.54, 1.807) is 48.9 Å². The van der Waals surface area contributed by atoms with E-state index in [9.17, 15) is 9.59 Å². The number of aryl methyl sites for hydroxylation is 1. The molecule has 1 amide bonds. The van der Waals surface area contributed by atoms with Crippen LogP contribution in [0.5, 0.6) is 11.5 Å². The van der Waals surface area contributed by atoms with Gasteiger partial charge < -0.3 is 23.9 Å². The van der Waals surface area contributed by atoms with E-state index in [0.717, 1.165) is 36.8 Å². The highest BCUT2D eigenvalue weighted by molar-refractivity contribution is 7.16. The number of furan rings is 1. The fourth-order valence-electron chi connectivity index (χ4n) is 4.01. The number of benzene rings is 1. The quantitative estimate of drug-likeness (QED) is 0.280. The lowest BCUT2D eigenvalue weighted by Crippen LogP contribution is -2.23. The summed E-state index contributed by atoms with van der Waals surface area (Å²) in [6, 6.07) is 9.00. The Kier molecular flexibility index (Phi) is 8.78. The molecule has 0 bridgehead atoms. The number of hydrogen-bond donors (Lipinski definition) is 1. The summed E-state index contributed by atoms with van der Waals surface area (Å²) in [6.07, 6.45) is 7.35. The average molecular weight is 511 g/mol. The van der Waals surface area contributed by atoms with Gasteiger partial charge in [-0.3, -0.25) is 4.79 Å². The van der Waals surface area contributed by atoms with Crippen LogP contribution in [-0.2, 0) is 28.9 Å². The van der Waals surface area contributed by atoms with E-state index in [4.69, 9.17) is 23.6 Å². The number of carbonyl (C=O) groups excluding carboxylic acids is 2. The molecule has 1 aliphatic carbocycles. The van der Waals surface area contributed by atoms with E-state index in [2.05, 4.69) is 5.32 Å². The zero-order valence-electron chi connectivity index (χ0n) is 20.5. The molecular formula is C27H30N2O6S. The number of ether oxygens (including phenoxy) is 3. The predicted octanol–water partition coefficient (Wildman–Crippen LogP) is 5.24. The summed E-state index contributed by atoms with van der Waals surface area (Å²) in [6.45, 7) is 4.48. The lowest BCUT2D eigenvalue weighted by molar-refractivity contribution is -0.145. The van der Waals surface area contributed by atoms with Gasteiger partial charge in [0.1, 0.15) is 10.8 Å². The maximum atomic E-state index is 13.2. The molecule has 2 aromatic heterocycles. The maximum Gasteiger partial charge on any atom is 0.344 e. The first-order chi connectivity index (χ1) is 17.6. The van der Waals surface area contributed by atoms with Crippen molar-refractivity contribution in [3.8, 4) is 11.5 Å². The van der Waals surface area contributed by atoms with E-state index >= 15 is 0 Å². The first kappa shape index (κ1) is 25.5. The summed E-state index contributed by atoms with van der Waals surface area (Å²) in [4.78, 5) is 30.8. The highest BCUT2D eigenvalue weighted by Gasteiger charge is 2.25. The highest BCUT2D eigenvalue weighted by atomic mass is 32.1. The van der Waals surface area contributed by atoms with Gasteiger partial charge in [-0.1, -0.05) is 0 Å². The van der Waals surface area contributed by atoms with Gasteiger partial charge in [0.15, 0.2) is 18.1 Å². The molecule has 0 aliphatic heterocycles. The van der Waals surface area contributed by atoms with Crippen molar-refractivity contribution in [2.75, 3.05) is 19.8 Å². The third kappa shape index (κ3) is 6.34. The minimum atomic E-state index is -0.440. The molecule has 0 radical (unpaired) electrons. The molecule has 0 saturated heterocycles. The average Bonchev–Trinajstić information content (AvgIpc) is 3.53. The van der Waals surface area contributed by atoms with Gasteiger partial charge in [-0.2, -0.15) is 0 Å². The summed E-state index contributed by atoms with van der Waals surface area (Å²) in [7, 11) is 0. The van der Waals surface area contributed by atoms with Crippen LogP contribution < -0.4 is 14.8 Å². The zero-order valence-corrected chi connectivity index (χ0v) is 21.3. The molecule has 1 aliphatic rings. The highest BCUT2D eigenvalue weighted by Crippen LogP contribution is 2.40. The number of aliphatic imine (C=N–C) groups is 1. The first-order valence-electron chi connectivity index (χ1n) is 12.1. The standard InChI is InChI=1S/C27H30N2O6S/c1-3-32-22-14-18(11-12-21(22)35-17-24(30)33-4-2)15-29-27-25(20-9-5-6-10-23(20)36-27)26(31)28-16-19-8-7-13-34-19/h7-8,11-15H,3-6,9-10,16-17H2,1-2H3,(H,28,31). The number of nitrogens with one attached hydrogen (secondary N) is 1. The summed E-state index contributed by atoms with van der Waals surface area (Å²) in [5.41, 5.74) is 2.54. The minimum absolute atomic E-state index is 0.143. The van der Waals surface area contributed by atoms with Crippen LogP contribution in [0.1, 0.15) is 58.8 Å². The minimum Gasteiger partial charge on any atom is -0.490 e. The van der Waals surface area contributed by atoms with Crippen LogP contribution in [-0.4, -0.2) is 37.9 Å². The number of carbonyl (C=O) groups is 2. The Morgan fingerprint density at radius 1 is 1.11 bits per heavy atom. The van der Waals surface area contributed by atoms with Gasteiger partial charge in [-0.25, -0.2) is 9.79 Å². The van der Waals surface area contributed by atoms with Crippen molar-refractivity contribution in [1.29, 1.82) is 0 Å². The molecule has 0 unspecified atom stereocenters. The molecule has 0 atom stereocenters. The van der Waals surface area contributed by atoms with Crippen molar-refractivity contribution in [2.45, 2.75) is 46.1 Å². The van der Waals surface area contributed by atoms with Crippen LogP contribution in [0.25, 0.3) is 0 Å². The molecule has 1 aromatic carbocycles. The molecule has 3 aromatic rings. The molecule has 0 saturated carbocycles. The molecule has 190 valence electrons. The van der Waals surface area contributed by atoms with Crippen LogP contribution in [0, 0.1) is 0 Å². The summed E-state index contributed by atoms with van der Waals surface area (Å²) in [5.74, 6) is 1.08. The SMILES string of the molecule is CCOC(=O)COc1ccc(C=Nc2sc3c(c2C(=O)NCc2ccco2)CCCC3)cc1OCC. The van der Waals surface area contributed by atoms with E-state index in [1.807, 2.05) is 19.1 Å². The zero-order chi connectivity index (χ0) is 25.3. The van der Waals surface area contributed by atoms with Crippen LogP contribution >= 0.6 is 11.3 Å². The molecule has 2 heterocycles. The van der Waals surface area contributed by atoms with Gasteiger partial charge in [-0.15, -0.1) is 11.3 Å². The van der Waals surface area contributed by atoms with E-state index in [-0.39, 0.29) is 12.5 Å². The summed E-state index contributed by atoms with van der Waals surface area (Å²) in [5, 5.41) is 3.66. The number of amides is 1. The van der Waals surface area contributed by atoms with Crippen LogP contribution in [0.2, 0.25) is 0 Å². The van der Waals surface area contributed by atoms with Gasteiger partial charge in [0.25, 0.3) is 5.91 Å². The fourth-order valence-corrected chi connectivity index (χ4v) is 5.24. The van der Waals surface area contributed by atoms with Gasteiger partial charge in [-0.05, 0) is 81.0 Å². The Balaban J connectivity index is 1.55. The lowest BCUT2D eigenvalue weighted by atomic mass is 9.95. The monoisotopic (exact) mass is 510 g/mol. The lowest BCUT2D eigenvalue weighted by Gasteiger charge is -2.12. The molecule has 0 fully saturated rings. The van der Waals surface area contributed by atoms with Crippen LogP contribution in [0.4, 0.5) is 5.00 Å². The van der Waals surface area contributed by atoms with Gasteiger partial charge in [0.2, 0.25) is 0 Å². The predicted molar refractivity (Wildman–Crippen MR) is 138 cm³/mol. The normalized spacial score (nSPS) is 12.8. The van der Waals surface area contributed by atoms with Gasteiger partial charge >= 0.3 is 5.97 Å². The first-order valence-corrected chi connectivity index (χ1v) is 12.9. The molecule has 0 spiro atoms. The second-order valence-corrected chi connectivity index (χ2v) is 9.23. The van der Waals surface area contributed by atoms with Gasteiger partial charge in [0, 0.05) is 11.1 Å². The largest absolute Gasteiger partial charge is 0.490 e. The second-order valence-electron chi connectivity index (χ2n) is 8.14. The van der Waals surface area contributed by atoms with Crippen molar-refractivity contribution in [3.05, 3.63) is 63.9 Å². The fraction of sp³-hybridized carbons (Fsp3) is 0.370. The number of thiophene rings is 1. The molecule has 4 rings (SSSR count). The molecule has 1 N–H and O–H groups in total. The topological polar surface area (TPSA) is 99.4 Å². The summed E-state index contributed by atoms with van der Waals surface area (Å²) >= 11 is 1.58. The Labute approximate surface area is 214 Å². The van der Waals surface area contributed by atoms with E-state index < -0.39 is 5.97 Å². The van der Waals surface area contributed by atoms with Gasteiger partial charge in [0.05, 0.1) is 31.6 Å². The summed E-state index contributed by atoms with van der Waals surface area (Å²) < 4.78 is 21.5. The van der Waals surface area contributed by atoms with Crippen molar-refractivity contribution in [1.82, 2.24) is 5.32 Å². The number of nitrogens with zero attached hydrogens (tertiary/aromatic N) is 1. The second kappa shape index (κ2) is 12.4. The molecule has 8 nitrogen and oxygen atoms in total. The molecule has 36 heavy (non-hydrogen) atoms. The molecular weight excluding hydrogens is 480 g/mol. The van der Waals surface area contributed by atoms with E-state index in [1.165, 1.54) is 4.88 Å². The van der Waals surface area contributed by atoms with Crippen molar-refractivity contribution in [3.63, 3.8) is 0 Å². The van der Waals surface area contributed by atoms with Crippen LogP contribution in [0.15, 0.2) is 46.0 Å². The Morgan fingerprint density at radius 2 is 1.97 bits per heavy atom. The number of rotatable bonds is 11. The number of fused-ring (bicyclic) bond motifs is 1. The smallest absolute Gasteiger partial charge is 0.344 e. The number of hydrogen-bond acceptors (Lipinski definition) is 8. The third-order valence-electron chi connectivity index (χ3n) is 5.63. The van der Waals surface area contributed by atoms with Crippen molar-refractivity contribution >= 4 is 34.4 Å². The van der Waals surface area contributed by atoms with Crippen LogP contribution in [0.3, 0.4) is 0 Å². The van der Waals surface area contributed by atoms with Crippen molar-refractivity contribution in [2.24, 2.45) is 4.99 Å².